The smallest absolute Gasteiger partial charge is 0.264 e. The summed E-state index contributed by atoms with van der Waals surface area (Å²) >= 11 is 0. The fraction of sp³-hybridized carbons (Fsp3) is 0.333. The van der Waals surface area contributed by atoms with Gasteiger partial charge in [-0.1, -0.05) is 0 Å². The SMILES string of the molecule is C1=COC=CO1.COS(C)(=O)=O. The van der Waals surface area contributed by atoms with E-state index in [1.165, 1.54) is 25.0 Å². The second-order valence-electron chi connectivity index (χ2n) is 1.69. The zero-order valence-corrected chi connectivity index (χ0v) is 7.58. The van der Waals surface area contributed by atoms with Crippen LogP contribution in [0.4, 0.5) is 0 Å². The molecule has 0 N–H and O–H groups in total. The van der Waals surface area contributed by atoms with Crippen LogP contribution in [0.2, 0.25) is 0 Å². The van der Waals surface area contributed by atoms with Gasteiger partial charge in [-0.25, -0.2) is 0 Å². The number of ether oxygens (including phenoxy) is 2. The molecule has 0 spiro atoms. The Kier molecular flexibility index (Phi) is 5.14. The van der Waals surface area contributed by atoms with Gasteiger partial charge in [-0.3, -0.25) is 4.18 Å². The largest absolute Gasteiger partial charge is 0.466 e. The maximum Gasteiger partial charge on any atom is 0.264 e. The number of hydrogen-bond donors (Lipinski definition) is 0. The third kappa shape index (κ3) is 8.99. The lowest BCUT2D eigenvalue weighted by molar-refractivity contribution is 0.290. The van der Waals surface area contributed by atoms with Gasteiger partial charge in [0.2, 0.25) is 0 Å². The van der Waals surface area contributed by atoms with E-state index >= 15 is 0 Å². The molecule has 0 atom stereocenters. The fourth-order valence-corrected chi connectivity index (χ4v) is 0.219. The van der Waals surface area contributed by atoms with Crippen LogP contribution in [0.1, 0.15) is 0 Å². The van der Waals surface area contributed by atoms with Crippen molar-refractivity contribution in [3.05, 3.63) is 25.0 Å². The first-order valence-electron chi connectivity index (χ1n) is 2.93. The summed E-state index contributed by atoms with van der Waals surface area (Å²) in [6, 6.07) is 0. The summed E-state index contributed by atoms with van der Waals surface area (Å²) in [5, 5.41) is 0. The molecular weight excluding hydrogens is 184 g/mol. The average molecular weight is 194 g/mol. The quantitative estimate of drug-likeness (QED) is 0.571. The van der Waals surface area contributed by atoms with Crippen LogP contribution in [-0.4, -0.2) is 21.8 Å². The highest BCUT2D eigenvalue weighted by molar-refractivity contribution is 7.85. The van der Waals surface area contributed by atoms with Crippen LogP contribution in [0.3, 0.4) is 0 Å². The van der Waals surface area contributed by atoms with Gasteiger partial charge in [0.15, 0.2) is 0 Å². The van der Waals surface area contributed by atoms with E-state index in [0.717, 1.165) is 13.4 Å². The predicted molar refractivity (Wildman–Crippen MR) is 42.3 cm³/mol. The van der Waals surface area contributed by atoms with Gasteiger partial charge in [-0.05, 0) is 0 Å². The highest BCUT2D eigenvalue weighted by Gasteiger charge is 1.90. The summed E-state index contributed by atoms with van der Waals surface area (Å²) in [7, 11) is -2.04. The second kappa shape index (κ2) is 5.62. The van der Waals surface area contributed by atoms with Crippen LogP contribution in [0, 0.1) is 0 Å². The normalized spacial score (nSPS) is 13.8. The van der Waals surface area contributed by atoms with E-state index < -0.39 is 10.1 Å². The van der Waals surface area contributed by atoms with Crippen LogP contribution >= 0.6 is 0 Å². The van der Waals surface area contributed by atoms with Crippen molar-refractivity contribution in [3.8, 4) is 0 Å². The van der Waals surface area contributed by atoms with Gasteiger partial charge in [0.05, 0.1) is 13.4 Å². The summed E-state index contributed by atoms with van der Waals surface area (Å²) in [5.41, 5.74) is 0. The first-order valence-corrected chi connectivity index (χ1v) is 4.74. The van der Waals surface area contributed by atoms with E-state index in [4.69, 9.17) is 0 Å². The molecule has 70 valence electrons. The maximum absolute atomic E-state index is 9.78. The minimum Gasteiger partial charge on any atom is -0.466 e. The van der Waals surface area contributed by atoms with Crippen LogP contribution < -0.4 is 0 Å². The third-order valence-corrected chi connectivity index (χ3v) is 1.33. The number of rotatable bonds is 1. The Hall–Kier alpha value is -1.01. The van der Waals surface area contributed by atoms with E-state index in [-0.39, 0.29) is 0 Å². The molecule has 1 rings (SSSR count). The lowest BCUT2D eigenvalue weighted by Gasteiger charge is -1.94. The lowest BCUT2D eigenvalue weighted by Crippen LogP contribution is -1.95. The van der Waals surface area contributed by atoms with Crippen molar-refractivity contribution in [2.75, 3.05) is 13.4 Å². The molecule has 0 aromatic carbocycles. The topological polar surface area (TPSA) is 61.8 Å². The molecule has 1 aliphatic rings. The minimum atomic E-state index is -3.16. The van der Waals surface area contributed by atoms with Gasteiger partial charge in [-0.15, -0.1) is 0 Å². The molecule has 0 aromatic rings. The Balaban J connectivity index is 0.000000202. The van der Waals surface area contributed by atoms with E-state index in [9.17, 15) is 8.42 Å². The van der Waals surface area contributed by atoms with Crippen molar-refractivity contribution >= 4 is 10.1 Å². The molecule has 12 heavy (non-hydrogen) atoms. The molecule has 0 radical (unpaired) electrons. The third-order valence-electron chi connectivity index (χ3n) is 0.728. The van der Waals surface area contributed by atoms with Crippen LogP contribution in [-0.2, 0) is 23.8 Å². The molecule has 1 heterocycles. The van der Waals surface area contributed by atoms with E-state index in [1.54, 1.807) is 0 Å². The first kappa shape index (κ1) is 11.0. The Labute approximate surface area is 71.4 Å². The highest BCUT2D eigenvalue weighted by Crippen LogP contribution is 1.89. The molecule has 1 aliphatic heterocycles. The summed E-state index contributed by atoms with van der Waals surface area (Å²) < 4.78 is 32.6. The van der Waals surface area contributed by atoms with Crippen LogP contribution in [0.15, 0.2) is 25.0 Å². The standard InChI is InChI=1S/C4H4O2.C2H6O3S/c1-2-6-4-3-5-1;1-5-6(2,3)4/h1-4H;1-2H3. The average Bonchev–Trinajstić information content (AvgIpc) is 2.07. The summed E-state index contributed by atoms with van der Waals surface area (Å²) in [6.45, 7) is 0. The first-order chi connectivity index (χ1) is 5.56. The van der Waals surface area contributed by atoms with E-state index in [1.807, 2.05) is 0 Å². The van der Waals surface area contributed by atoms with E-state index in [2.05, 4.69) is 13.7 Å². The highest BCUT2D eigenvalue weighted by atomic mass is 32.2. The molecule has 0 amide bonds. The summed E-state index contributed by atoms with van der Waals surface area (Å²) in [5.74, 6) is 0. The van der Waals surface area contributed by atoms with Crippen molar-refractivity contribution in [3.63, 3.8) is 0 Å². The van der Waals surface area contributed by atoms with Gasteiger partial charge >= 0.3 is 0 Å². The fourth-order valence-electron chi connectivity index (χ4n) is 0.219. The summed E-state index contributed by atoms with van der Waals surface area (Å²) in [6.07, 6.45) is 6.83. The van der Waals surface area contributed by atoms with Gasteiger partial charge in [0, 0.05) is 0 Å². The predicted octanol–water partition coefficient (Wildman–Crippen LogP) is 0.568. The van der Waals surface area contributed by atoms with Crippen molar-refractivity contribution in [1.82, 2.24) is 0 Å². The molecule has 0 saturated carbocycles. The lowest BCUT2D eigenvalue weighted by atomic mass is 10.9. The Bertz CT molecular complexity index is 231. The Morgan fingerprint density at radius 3 is 1.42 bits per heavy atom. The minimum absolute atomic E-state index is 0.993. The molecule has 0 aromatic heterocycles. The van der Waals surface area contributed by atoms with Crippen LogP contribution in [0.5, 0.6) is 0 Å². The summed E-state index contributed by atoms with van der Waals surface area (Å²) in [4.78, 5) is 0. The molecule has 0 unspecified atom stereocenters. The molecular formula is C6H10O5S. The number of hydrogen-bond acceptors (Lipinski definition) is 5. The second-order valence-corrected chi connectivity index (χ2v) is 3.43. The zero-order chi connectivity index (χ0) is 9.45. The van der Waals surface area contributed by atoms with Crippen molar-refractivity contribution in [2.24, 2.45) is 0 Å². The molecule has 0 aliphatic carbocycles. The van der Waals surface area contributed by atoms with Crippen molar-refractivity contribution < 1.29 is 22.1 Å². The van der Waals surface area contributed by atoms with Crippen molar-refractivity contribution in [2.45, 2.75) is 0 Å². The van der Waals surface area contributed by atoms with Gasteiger partial charge in [0.25, 0.3) is 10.1 Å². The van der Waals surface area contributed by atoms with Gasteiger partial charge in [0.1, 0.15) is 25.0 Å². The monoisotopic (exact) mass is 194 g/mol. The molecule has 0 bridgehead atoms. The van der Waals surface area contributed by atoms with Crippen LogP contribution in [0.25, 0.3) is 0 Å². The zero-order valence-electron chi connectivity index (χ0n) is 6.76. The van der Waals surface area contributed by atoms with Crippen molar-refractivity contribution in [1.29, 1.82) is 0 Å². The molecule has 5 nitrogen and oxygen atoms in total. The molecule has 0 fully saturated rings. The molecule has 6 heteroatoms. The van der Waals surface area contributed by atoms with Gasteiger partial charge in [-0.2, -0.15) is 8.42 Å². The molecule has 0 saturated heterocycles. The van der Waals surface area contributed by atoms with E-state index in [0.29, 0.717) is 0 Å². The Morgan fingerprint density at radius 2 is 1.33 bits per heavy atom. The van der Waals surface area contributed by atoms with Gasteiger partial charge < -0.3 is 9.47 Å². The maximum atomic E-state index is 9.78. The Morgan fingerprint density at radius 1 is 1.08 bits per heavy atom.